The van der Waals surface area contributed by atoms with Crippen molar-refractivity contribution in [2.75, 3.05) is 13.3 Å². The first-order valence-corrected chi connectivity index (χ1v) is 6.05. The monoisotopic (exact) mass is 262 g/mol. The molecule has 0 aliphatic carbocycles. The Morgan fingerprint density at radius 2 is 2.11 bits per heavy atom. The van der Waals surface area contributed by atoms with Crippen LogP contribution in [0.15, 0.2) is 30.5 Å². The van der Waals surface area contributed by atoms with Gasteiger partial charge in [0.1, 0.15) is 5.75 Å². The van der Waals surface area contributed by atoms with Gasteiger partial charge in [-0.25, -0.2) is 4.68 Å². The van der Waals surface area contributed by atoms with Gasteiger partial charge in [0.05, 0.1) is 30.2 Å². The molecule has 2 aromatic rings. The fourth-order valence-electron chi connectivity index (χ4n) is 1.66. The highest BCUT2D eigenvalue weighted by Crippen LogP contribution is 2.16. The molecule has 0 spiro atoms. The number of aromatic nitrogens is 2. The Bertz CT molecular complexity index is 549. The lowest BCUT2D eigenvalue weighted by Gasteiger charge is -2.06. The highest BCUT2D eigenvalue weighted by molar-refractivity contribution is 5.76. The smallest absolute Gasteiger partial charge is 0.153 e. The van der Waals surface area contributed by atoms with Gasteiger partial charge in [0, 0.05) is 12.6 Å². The molecule has 0 bridgehead atoms. The Morgan fingerprint density at radius 3 is 2.68 bits per heavy atom. The number of carbonyl (C=O) groups excluding carboxylic acids is 1. The highest BCUT2D eigenvalue weighted by atomic mass is 19.1. The van der Waals surface area contributed by atoms with Crippen LogP contribution in [-0.2, 0) is 0 Å². The number of nitrogens with zero attached hydrogens (tertiary/aromatic N) is 2. The first kappa shape index (κ1) is 13.3. The SMILES string of the molecule is Cc1nn(-c2ccc(OCCCF)cc2)cc1C=O. The Balaban J connectivity index is 2.10. The normalized spacial score (nSPS) is 10.4. The fraction of sp³-hybridized carbons (Fsp3) is 0.286. The molecule has 0 saturated carbocycles. The third-order valence-electron chi connectivity index (χ3n) is 2.71. The molecule has 0 atom stereocenters. The second-order valence-electron chi connectivity index (χ2n) is 4.12. The number of hydrogen-bond donors (Lipinski definition) is 0. The molecule has 0 saturated heterocycles. The van der Waals surface area contributed by atoms with Crippen LogP contribution in [0, 0.1) is 6.92 Å². The van der Waals surface area contributed by atoms with E-state index in [4.69, 9.17) is 4.74 Å². The minimum Gasteiger partial charge on any atom is -0.493 e. The largest absolute Gasteiger partial charge is 0.493 e. The summed E-state index contributed by atoms with van der Waals surface area (Å²) in [4.78, 5) is 10.8. The maximum absolute atomic E-state index is 11.9. The highest BCUT2D eigenvalue weighted by Gasteiger charge is 2.05. The molecule has 1 aromatic heterocycles. The number of rotatable bonds is 6. The average Bonchev–Trinajstić information content (AvgIpc) is 2.81. The van der Waals surface area contributed by atoms with Gasteiger partial charge in [-0.05, 0) is 31.2 Å². The summed E-state index contributed by atoms with van der Waals surface area (Å²) in [7, 11) is 0. The molecule has 0 aliphatic heterocycles. The average molecular weight is 262 g/mol. The van der Waals surface area contributed by atoms with E-state index in [2.05, 4.69) is 5.10 Å². The van der Waals surface area contributed by atoms with Gasteiger partial charge in [-0.2, -0.15) is 5.10 Å². The predicted molar refractivity (Wildman–Crippen MR) is 69.8 cm³/mol. The summed E-state index contributed by atoms with van der Waals surface area (Å²) in [6.45, 7) is 1.78. The van der Waals surface area contributed by atoms with E-state index in [0.717, 1.165) is 12.0 Å². The van der Waals surface area contributed by atoms with Crippen LogP contribution in [0.4, 0.5) is 4.39 Å². The van der Waals surface area contributed by atoms with E-state index in [-0.39, 0.29) is 6.67 Å². The van der Waals surface area contributed by atoms with Crippen molar-refractivity contribution in [3.8, 4) is 11.4 Å². The first-order valence-electron chi connectivity index (χ1n) is 6.05. The van der Waals surface area contributed by atoms with E-state index in [1.54, 1.807) is 29.9 Å². The van der Waals surface area contributed by atoms with Crippen molar-refractivity contribution in [1.29, 1.82) is 0 Å². The lowest BCUT2D eigenvalue weighted by Crippen LogP contribution is -1.99. The molecule has 1 aromatic carbocycles. The zero-order chi connectivity index (χ0) is 13.7. The van der Waals surface area contributed by atoms with Crippen molar-refractivity contribution in [1.82, 2.24) is 9.78 Å². The minimum atomic E-state index is -0.376. The number of aryl methyl sites for hydroxylation is 1. The summed E-state index contributed by atoms with van der Waals surface area (Å²) >= 11 is 0. The molecule has 5 heteroatoms. The maximum atomic E-state index is 11.9. The fourth-order valence-corrected chi connectivity index (χ4v) is 1.66. The van der Waals surface area contributed by atoms with Crippen LogP contribution in [0.2, 0.25) is 0 Å². The van der Waals surface area contributed by atoms with Gasteiger partial charge < -0.3 is 4.74 Å². The zero-order valence-corrected chi connectivity index (χ0v) is 10.7. The summed E-state index contributed by atoms with van der Waals surface area (Å²) in [5.74, 6) is 0.691. The number of aldehydes is 1. The quantitative estimate of drug-likeness (QED) is 0.594. The van der Waals surface area contributed by atoms with Gasteiger partial charge >= 0.3 is 0 Å². The summed E-state index contributed by atoms with van der Waals surface area (Å²) < 4.78 is 18.9. The molecule has 0 aliphatic rings. The van der Waals surface area contributed by atoms with Gasteiger partial charge in [0.15, 0.2) is 6.29 Å². The van der Waals surface area contributed by atoms with Gasteiger partial charge in [-0.15, -0.1) is 0 Å². The molecule has 19 heavy (non-hydrogen) atoms. The summed E-state index contributed by atoms with van der Waals surface area (Å²) in [5.41, 5.74) is 2.11. The van der Waals surface area contributed by atoms with E-state index in [0.29, 0.717) is 30.0 Å². The minimum absolute atomic E-state index is 0.367. The molecule has 0 unspecified atom stereocenters. The molecule has 0 N–H and O–H groups in total. The van der Waals surface area contributed by atoms with Crippen LogP contribution in [0.3, 0.4) is 0 Å². The second-order valence-corrected chi connectivity index (χ2v) is 4.12. The van der Waals surface area contributed by atoms with Crippen molar-refractivity contribution < 1.29 is 13.9 Å². The molecule has 0 fully saturated rings. The summed E-state index contributed by atoms with van der Waals surface area (Å²) in [5, 5.41) is 4.25. The maximum Gasteiger partial charge on any atom is 0.153 e. The third kappa shape index (κ3) is 3.19. The number of ether oxygens (including phenoxy) is 1. The van der Waals surface area contributed by atoms with Crippen LogP contribution in [0.1, 0.15) is 22.5 Å². The molecular formula is C14H15FN2O2. The Hall–Kier alpha value is -2.17. The molecule has 2 rings (SSSR count). The zero-order valence-electron chi connectivity index (χ0n) is 10.7. The Labute approximate surface area is 110 Å². The van der Waals surface area contributed by atoms with Crippen LogP contribution in [0.5, 0.6) is 5.75 Å². The molecule has 100 valence electrons. The molecule has 0 radical (unpaired) electrons. The van der Waals surface area contributed by atoms with E-state index < -0.39 is 0 Å². The summed E-state index contributed by atoms with van der Waals surface area (Å²) in [6.07, 6.45) is 2.86. The molecular weight excluding hydrogens is 247 g/mol. The van der Waals surface area contributed by atoms with Crippen molar-refractivity contribution in [2.45, 2.75) is 13.3 Å². The topological polar surface area (TPSA) is 44.1 Å². The van der Waals surface area contributed by atoms with Gasteiger partial charge in [-0.1, -0.05) is 0 Å². The second kappa shape index (κ2) is 6.13. The number of halogens is 1. The lowest BCUT2D eigenvalue weighted by atomic mass is 10.3. The predicted octanol–water partition coefficient (Wildman–Crippen LogP) is 2.73. The van der Waals surface area contributed by atoms with E-state index in [1.165, 1.54) is 0 Å². The molecule has 0 amide bonds. The molecule has 1 heterocycles. The van der Waals surface area contributed by atoms with Crippen molar-refractivity contribution in [3.05, 3.63) is 41.7 Å². The molecule has 4 nitrogen and oxygen atoms in total. The van der Waals surface area contributed by atoms with Gasteiger partial charge in [0.2, 0.25) is 0 Å². The van der Waals surface area contributed by atoms with Crippen molar-refractivity contribution in [3.63, 3.8) is 0 Å². The van der Waals surface area contributed by atoms with E-state index >= 15 is 0 Å². The van der Waals surface area contributed by atoms with Crippen LogP contribution >= 0.6 is 0 Å². The van der Waals surface area contributed by atoms with Gasteiger partial charge in [-0.3, -0.25) is 9.18 Å². The number of hydrogen-bond acceptors (Lipinski definition) is 3. The summed E-state index contributed by atoms with van der Waals surface area (Å²) in [6, 6.07) is 7.27. The van der Waals surface area contributed by atoms with Crippen LogP contribution in [-0.4, -0.2) is 29.3 Å². The van der Waals surface area contributed by atoms with Crippen LogP contribution in [0.25, 0.3) is 5.69 Å². The number of alkyl halides is 1. The standard InChI is InChI=1S/C14H15FN2O2/c1-11-12(10-18)9-17(16-11)13-3-5-14(6-4-13)19-8-2-7-15/h3-6,9-10H,2,7-8H2,1H3. The van der Waals surface area contributed by atoms with Crippen LogP contribution < -0.4 is 4.74 Å². The Kier molecular flexibility index (Phi) is 4.28. The van der Waals surface area contributed by atoms with E-state index in [9.17, 15) is 9.18 Å². The number of benzene rings is 1. The van der Waals surface area contributed by atoms with E-state index in [1.807, 2.05) is 12.1 Å². The number of carbonyl (C=O) groups is 1. The van der Waals surface area contributed by atoms with Crippen molar-refractivity contribution in [2.24, 2.45) is 0 Å². The van der Waals surface area contributed by atoms with Gasteiger partial charge in [0.25, 0.3) is 0 Å². The lowest BCUT2D eigenvalue weighted by molar-refractivity contribution is 0.112. The third-order valence-corrected chi connectivity index (χ3v) is 2.71. The Morgan fingerprint density at radius 1 is 1.37 bits per heavy atom. The first-order chi connectivity index (χ1) is 9.24. The van der Waals surface area contributed by atoms with Crippen molar-refractivity contribution >= 4 is 6.29 Å².